The standard InChI is InChI=1S/C9H22NO/c1-9(2,3)11-8-7-10(4,5)6/h7-8H2,1-6H3/q+1. The van der Waals surface area contributed by atoms with E-state index < -0.39 is 0 Å². The molecule has 0 aliphatic rings. The van der Waals surface area contributed by atoms with E-state index in [1.54, 1.807) is 0 Å². The van der Waals surface area contributed by atoms with E-state index in [1.165, 1.54) is 0 Å². The molecule has 0 amide bonds. The van der Waals surface area contributed by atoms with Gasteiger partial charge < -0.3 is 9.22 Å². The van der Waals surface area contributed by atoms with Crippen molar-refractivity contribution in [1.29, 1.82) is 0 Å². The summed E-state index contributed by atoms with van der Waals surface area (Å²) in [5.41, 5.74) is 0.00910. The molecule has 0 spiro atoms. The zero-order chi connectivity index (χ0) is 9.12. The van der Waals surface area contributed by atoms with Crippen LogP contribution in [0.25, 0.3) is 0 Å². The van der Waals surface area contributed by atoms with E-state index in [4.69, 9.17) is 4.74 Å². The Bertz CT molecular complexity index is 93.7. The van der Waals surface area contributed by atoms with E-state index in [1.807, 2.05) is 0 Å². The molecule has 0 aliphatic carbocycles. The first-order valence-electron chi connectivity index (χ1n) is 4.15. The molecule has 0 rings (SSSR count). The number of hydrogen-bond acceptors (Lipinski definition) is 1. The van der Waals surface area contributed by atoms with Crippen LogP contribution in [0, 0.1) is 0 Å². The van der Waals surface area contributed by atoms with E-state index in [0.29, 0.717) is 0 Å². The van der Waals surface area contributed by atoms with Gasteiger partial charge in [0.2, 0.25) is 0 Å². The molecule has 0 aliphatic heterocycles. The average molecular weight is 160 g/mol. The number of ether oxygens (including phenoxy) is 1. The molecule has 0 heterocycles. The fourth-order valence-corrected chi connectivity index (χ4v) is 0.626. The summed E-state index contributed by atoms with van der Waals surface area (Å²) < 4.78 is 6.56. The third kappa shape index (κ3) is 9.92. The van der Waals surface area contributed by atoms with Gasteiger partial charge in [0, 0.05) is 0 Å². The first-order chi connectivity index (χ1) is 4.71. The highest BCUT2D eigenvalue weighted by Gasteiger charge is 2.12. The molecule has 0 radical (unpaired) electrons. The Morgan fingerprint density at radius 1 is 1.09 bits per heavy atom. The van der Waals surface area contributed by atoms with Crippen LogP contribution in [0.3, 0.4) is 0 Å². The second-order valence-electron chi connectivity index (χ2n) is 4.97. The number of nitrogens with zero attached hydrogens (tertiary/aromatic N) is 1. The average Bonchev–Trinajstić information content (AvgIpc) is 1.55. The number of hydrogen-bond donors (Lipinski definition) is 0. The molecule has 2 nitrogen and oxygen atoms in total. The topological polar surface area (TPSA) is 9.23 Å². The third-order valence-corrected chi connectivity index (χ3v) is 1.30. The van der Waals surface area contributed by atoms with Gasteiger partial charge in [-0.05, 0) is 20.8 Å². The maximum absolute atomic E-state index is 5.59. The Kier molecular flexibility index (Phi) is 3.52. The number of likely N-dealkylation sites (N-methyl/N-ethyl adjacent to an activating group) is 1. The first-order valence-corrected chi connectivity index (χ1v) is 4.15. The Hall–Kier alpha value is -0.0800. The van der Waals surface area contributed by atoms with Crippen LogP contribution >= 0.6 is 0 Å². The lowest BCUT2D eigenvalue weighted by molar-refractivity contribution is -0.871. The van der Waals surface area contributed by atoms with Gasteiger partial charge in [0.1, 0.15) is 6.54 Å². The van der Waals surface area contributed by atoms with Gasteiger partial charge >= 0.3 is 0 Å². The summed E-state index contributed by atoms with van der Waals surface area (Å²) in [6, 6.07) is 0. The van der Waals surface area contributed by atoms with Gasteiger partial charge in [-0.15, -0.1) is 0 Å². The van der Waals surface area contributed by atoms with Crippen LogP contribution < -0.4 is 0 Å². The van der Waals surface area contributed by atoms with Crippen molar-refractivity contribution in [3.63, 3.8) is 0 Å². The maximum atomic E-state index is 5.59. The van der Waals surface area contributed by atoms with Crippen molar-refractivity contribution in [3.05, 3.63) is 0 Å². The van der Waals surface area contributed by atoms with E-state index in [-0.39, 0.29) is 5.60 Å². The Morgan fingerprint density at radius 3 is 1.82 bits per heavy atom. The highest BCUT2D eigenvalue weighted by atomic mass is 16.5. The molecule has 0 aromatic heterocycles. The fraction of sp³-hybridized carbons (Fsp3) is 1.00. The van der Waals surface area contributed by atoms with Crippen LogP contribution in [-0.4, -0.2) is 44.4 Å². The van der Waals surface area contributed by atoms with Crippen molar-refractivity contribution in [2.75, 3.05) is 34.3 Å². The zero-order valence-electron chi connectivity index (χ0n) is 8.77. The zero-order valence-corrected chi connectivity index (χ0v) is 8.77. The molecular weight excluding hydrogens is 138 g/mol. The molecule has 0 atom stereocenters. The van der Waals surface area contributed by atoms with Crippen molar-refractivity contribution in [2.45, 2.75) is 26.4 Å². The van der Waals surface area contributed by atoms with Crippen molar-refractivity contribution < 1.29 is 9.22 Å². The van der Waals surface area contributed by atoms with Crippen LogP contribution in [0.5, 0.6) is 0 Å². The molecule has 0 N–H and O–H groups in total. The van der Waals surface area contributed by atoms with Crippen molar-refractivity contribution >= 4 is 0 Å². The summed E-state index contributed by atoms with van der Waals surface area (Å²) in [4.78, 5) is 0. The lowest BCUT2D eigenvalue weighted by atomic mass is 10.2. The molecule has 2 heteroatoms. The van der Waals surface area contributed by atoms with E-state index in [0.717, 1.165) is 17.6 Å². The Labute approximate surface area is 70.7 Å². The maximum Gasteiger partial charge on any atom is 0.102 e. The van der Waals surface area contributed by atoms with Gasteiger partial charge in [-0.25, -0.2) is 0 Å². The summed E-state index contributed by atoms with van der Waals surface area (Å²) in [5.74, 6) is 0. The molecule has 0 aromatic carbocycles. The van der Waals surface area contributed by atoms with Crippen molar-refractivity contribution in [1.82, 2.24) is 0 Å². The second-order valence-corrected chi connectivity index (χ2v) is 4.97. The van der Waals surface area contributed by atoms with Gasteiger partial charge in [-0.1, -0.05) is 0 Å². The smallest absolute Gasteiger partial charge is 0.102 e. The first kappa shape index (κ1) is 10.9. The molecule has 0 saturated heterocycles. The van der Waals surface area contributed by atoms with Crippen LogP contribution in [-0.2, 0) is 4.74 Å². The summed E-state index contributed by atoms with van der Waals surface area (Å²) in [5, 5.41) is 0. The normalized spacial score (nSPS) is 13.6. The molecular formula is C9H22NO+. The molecule has 0 aromatic rings. The van der Waals surface area contributed by atoms with Crippen molar-refractivity contribution in [3.8, 4) is 0 Å². The van der Waals surface area contributed by atoms with E-state index in [2.05, 4.69) is 41.9 Å². The second kappa shape index (κ2) is 3.55. The monoisotopic (exact) mass is 160 g/mol. The number of rotatable bonds is 3. The van der Waals surface area contributed by atoms with Gasteiger partial charge in [0.05, 0.1) is 33.4 Å². The van der Waals surface area contributed by atoms with Crippen LogP contribution in [0.15, 0.2) is 0 Å². The Morgan fingerprint density at radius 2 is 1.55 bits per heavy atom. The van der Waals surface area contributed by atoms with Crippen LogP contribution in [0.2, 0.25) is 0 Å². The molecule has 0 fully saturated rings. The van der Waals surface area contributed by atoms with Crippen LogP contribution in [0.4, 0.5) is 0 Å². The lowest BCUT2D eigenvalue weighted by Gasteiger charge is -2.26. The predicted molar refractivity (Wildman–Crippen MR) is 48.6 cm³/mol. The molecule has 0 unspecified atom stereocenters. The van der Waals surface area contributed by atoms with Gasteiger partial charge in [0.15, 0.2) is 0 Å². The molecule has 11 heavy (non-hydrogen) atoms. The highest BCUT2D eigenvalue weighted by Crippen LogP contribution is 2.06. The minimum absolute atomic E-state index is 0.00910. The largest absolute Gasteiger partial charge is 0.370 e. The Balaban J connectivity index is 3.44. The van der Waals surface area contributed by atoms with Gasteiger partial charge in [-0.2, -0.15) is 0 Å². The minimum atomic E-state index is 0.00910. The summed E-state index contributed by atoms with van der Waals surface area (Å²) in [7, 11) is 6.52. The summed E-state index contributed by atoms with van der Waals surface area (Å²) in [6.45, 7) is 8.16. The van der Waals surface area contributed by atoms with Gasteiger partial charge in [-0.3, -0.25) is 0 Å². The van der Waals surface area contributed by atoms with Crippen molar-refractivity contribution in [2.24, 2.45) is 0 Å². The predicted octanol–water partition coefficient (Wildman–Crippen LogP) is 1.51. The lowest BCUT2D eigenvalue weighted by Crippen LogP contribution is -2.39. The molecule has 68 valence electrons. The number of quaternary nitrogens is 1. The van der Waals surface area contributed by atoms with Gasteiger partial charge in [0.25, 0.3) is 0 Å². The van der Waals surface area contributed by atoms with Crippen LogP contribution in [0.1, 0.15) is 20.8 Å². The summed E-state index contributed by atoms with van der Waals surface area (Å²) >= 11 is 0. The highest BCUT2D eigenvalue weighted by molar-refractivity contribution is 4.57. The van der Waals surface area contributed by atoms with E-state index in [9.17, 15) is 0 Å². The third-order valence-electron chi connectivity index (χ3n) is 1.30. The minimum Gasteiger partial charge on any atom is -0.370 e. The van der Waals surface area contributed by atoms with E-state index >= 15 is 0 Å². The molecule has 0 bridgehead atoms. The summed E-state index contributed by atoms with van der Waals surface area (Å²) in [6.07, 6.45) is 0. The SMILES string of the molecule is CC(C)(C)OCC[N+](C)(C)C. The quantitative estimate of drug-likeness (QED) is 0.569. The molecule has 0 saturated carbocycles. The fourth-order valence-electron chi connectivity index (χ4n) is 0.626.